The molecule has 0 aliphatic carbocycles. The normalized spacial score (nSPS) is 31.5. The summed E-state index contributed by atoms with van der Waals surface area (Å²) < 4.78 is 22.5. The molecule has 0 aromatic carbocycles. The molecule has 0 spiro atoms. The van der Waals surface area contributed by atoms with E-state index in [1.54, 1.807) is 6.92 Å². The van der Waals surface area contributed by atoms with Crippen LogP contribution in [0.2, 0.25) is 0 Å². The predicted octanol–water partition coefficient (Wildman–Crippen LogP) is -1.33. The van der Waals surface area contributed by atoms with Gasteiger partial charge < -0.3 is 10.4 Å². The Labute approximate surface area is 77.1 Å². The van der Waals surface area contributed by atoms with Gasteiger partial charge in [0.25, 0.3) is 0 Å². The number of aliphatic hydroxyl groups excluding tert-OH is 1. The average molecular weight is 207 g/mol. The quantitative estimate of drug-likeness (QED) is 0.587. The number of sulfone groups is 1. The summed E-state index contributed by atoms with van der Waals surface area (Å²) in [7, 11) is -3.02. The lowest BCUT2D eigenvalue weighted by molar-refractivity contribution is -0.124. The summed E-state index contributed by atoms with van der Waals surface area (Å²) in [5, 5.41) is 10.4. The molecule has 0 bridgehead atoms. The van der Waals surface area contributed by atoms with Crippen molar-refractivity contribution in [2.45, 2.75) is 24.6 Å². The van der Waals surface area contributed by atoms with Crippen molar-refractivity contribution in [2.75, 3.05) is 12.4 Å². The van der Waals surface area contributed by atoms with Gasteiger partial charge in [0.2, 0.25) is 5.91 Å². The zero-order valence-corrected chi connectivity index (χ0v) is 8.17. The van der Waals surface area contributed by atoms with Crippen molar-refractivity contribution in [1.82, 2.24) is 5.32 Å². The number of hydrogen-bond donors (Lipinski definition) is 2. The molecule has 2 unspecified atom stereocenters. The molecule has 1 rings (SSSR count). The Bertz CT molecular complexity index is 298. The van der Waals surface area contributed by atoms with Crippen LogP contribution in [0.25, 0.3) is 0 Å². The second kappa shape index (κ2) is 3.63. The molecule has 13 heavy (non-hydrogen) atoms. The topological polar surface area (TPSA) is 83.5 Å². The molecule has 76 valence electrons. The molecule has 1 aliphatic rings. The van der Waals surface area contributed by atoms with Gasteiger partial charge in [0, 0.05) is 6.04 Å². The lowest BCUT2D eigenvalue weighted by Crippen LogP contribution is -2.41. The molecule has 1 saturated heterocycles. The zero-order chi connectivity index (χ0) is 10.1. The fourth-order valence-corrected chi connectivity index (χ4v) is 3.06. The van der Waals surface area contributed by atoms with Gasteiger partial charge in [-0.2, -0.15) is 0 Å². The summed E-state index contributed by atoms with van der Waals surface area (Å²) in [5.41, 5.74) is 0. The van der Waals surface area contributed by atoms with E-state index in [0.29, 0.717) is 6.42 Å². The Hall–Kier alpha value is -0.620. The first-order valence-electron chi connectivity index (χ1n) is 4.09. The van der Waals surface area contributed by atoms with E-state index in [9.17, 15) is 13.2 Å². The van der Waals surface area contributed by atoms with Crippen LogP contribution in [0.15, 0.2) is 0 Å². The highest BCUT2D eigenvalue weighted by atomic mass is 32.2. The first kappa shape index (κ1) is 10.5. The maximum Gasteiger partial charge on any atom is 0.245 e. The molecule has 1 heterocycles. The van der Waals surface area contributed by atoms with E-state index in [1.165, 1.54) is 0 Å². The third-order valence-corrected chi connectivity index (χ3v) is 4.60. The van der Waals surface area contributed by atoms with Crippen LogP contribution in [0, 0.1) is 0 Å². The van der Waals surface area contributed by atoms with Crippen LogP contribution >= 0.6 is 0 Å². The number of carbonyl (C=O) groups is 1. The summed E-state index contributed by atoms with van der Waals surface area (Å²) in [6.07, 6.45) is 0.440. The Morgan fingerprint density at radius 1 is 1.62 bits per heavy atom. The standard InChI is InChI=1S/C7H13NO4S/c1-5-6(8-7(10)4-9)2-3-13(5,11)12/h5-6,9H,2-4H2,1H3,(H,8,10). The van der Waals surface area contributed by atoms with Gasteiger partial charge in [0.15, 0.2) is 9.84 Å². The van der Waals surface area contributed by atoms with Gasteiger partial charge in [0.05, 0.1) is 11.0 Å². The molecule has 5 nitrogen and oxygen atoms in total. The maximum atomic E-state index is 11.2. The molecule has 0 aromatic rings. The predicted molar refractivity (Wildman–Crippen MR) is 46.9 cm³/mol. The number of hydrogen-bond acceptors (Lipinski definition) is 4. The monoisotopic (exact) mass is 207 g/mol. The molecule has 6 heteroatoms. The summed E-state index contributed by atoms with van der Waals surface area (Å²) in [6, 6.07) is -0.343. The third kappa shape index (κ3) is 2.19. The molecule has 1 aliphatic heterocycles. The molecule has 1 amide bonds. The van der Waals surface area contributed by atoms with Crippen molar-refractivity contribution in [3.05, 3.63) is 0 Å². The van der Waals surface area contributed by atoms with Crippen molar-refractivity contribution in [2.24, 2.45) is 0 Å². The average Bonchev–Trinajstić information content (AvgIpc) is 2.32. The highest BCUT2D eigenvalue weighted by molar-refractivity contribution is 7.92. The largest absolute Gasteiger partial charge is 0.387 e. The Kier molecular flexibility index (Phi) is 2.92. The van der Waals surface area contributed by atoms with Gasteiger partial charge >= 0.3 is 0 Å². The van der Waals surface area contributed by atoms with Gasteiger partial charge in [0.1, 0.15) is 6.61 Å². The van der Waals surface area contributed by atoms with Crippen molar-refractivity contribution in [3.8, 4) is 0 Å². The van der Waals surface area contributed by atoms with E-state index in [4.69, 9.17) is 5.11 Å². The molecule has 0 saturated carbocycles. The van der Waals surface area contributed by atoms with E-state index in [1.807, 2.05) is 0 Å². The maximum absolute atomic E-state index is 11.2. The first-order valence-corrected chi connectivity index (χ1v) is 5.80. The van der Waals surface area contributed by atoms with Crippen LogP contribution in [-0.4, -0.2) is 43.1 Å². The molecule has 0 aromatic heterocycles. The molecule has 2 N–H and O–H groups in total. The fraction of sp³-hybridized carbons (Fsp3) is 0.857. The summed E-state index contributed by atoms with van der Waals surface area (Å²) >= 11 is 0. The molecule has 0 radical (unpaired) electrons. The molecular formula is C7H13NO4S. The lowest BCUT2D eigenvalue weighted by atomic mass is 10.2. The SMILES string of the molecule is CC1C(NC(=O)CO)CCS1(=O)=O. The second-order valence-corrected chi connectivity index (χ2v) is 5.67. The first-order chi connectivity index (χ1) is 5.97. The highest BCUT2D eigenvalue weighted by Crippen LogP contribution is 2.19. The van der Waals surface area contributed by atoms with Crippen LogP contribution in [-0.2, 0) is 14.6 Å². The number of amides is 1. The van der Waals surface area contributed by atoms with Crippen molar-refractivity contribution >= 4 is 15.7 Å². The van der Waals surface area contributed by atoms with E-state index >= 15 is 0 Å². The third-order valence-electron chi connectivity index (χ3n) is 2.34. The van der Waals surface area contributed by atoms with E-state index < -0.39 is 27.6 Å². The van der Waals surface area contributed by atoms with Gasteiger partial charge in [-0.3, -0.25) is 4.79 Å². The highest BCUT2D eigenvalue weighted by Gasteiger charge is 2.37. The Morgan fingerprint density at radius 2 is 2.23 bits per heavy atom. The molecular weight excluding hydrogens is 194 g/mol. The van der Waals surface area contributed by atoms with E-state index in [-0.39, 0.29) is 11.8 Å². The van der Waals surface area contributed by atoms with Gasteiger partial charge in [-0.25, -0.2) is 8.42 Å². The number of carbonyl (C=O) groups excluding carboxylic acids is 1. The molecule has 1 fully saturated rings. The summed E-state index contributed by atoms with van der Waals surface area (Å²) in [6.45, 7) is 0.980. The van der Waals surface area contributed by atoms with Gasteiger partial charge in [-0.1, -0.05) is 0 Å². The van der Waals surface area contributed by atoms with Crippen LogP contribution in [0.3, 0.4) is 0 Å². The van der Waals surface area contributed by atoms with E-state index in [2.05, 4.69) is 5.32 Å². The van der Waals surface area contributed by atoms with Crippen molar-refractivity contribution < 1.29 is 18.3 Å². The summed E-state index contributed by atoms with van der Waals surface area (Å²) in [4.78, 5) is 10.8. The van der Waals surface area contributed by atoms with Crippen LogP contribution in [0.1, 0.15) is 13.3 Å². The number of rotatable bonds is 2. The summed E-state index contributed by atoms with van der Waals surface area (Å²) in [5.74, 6) is -0.404. The number of nitrogens with one attached hydrogen (secondary N) is 1. The van der Waals surface area contributed by atoms with Gasteiger partial charge in [-0.05, 0) is 13.3 Å². The van der Waals surface area contributed by atoms with E-state index in [0.717, 1.165) is 0 Å². The Balaban J connectivity index is 2.61. The van der Waals surface area contributed by atoms with Crippen molar-refractivity contribution in [1.29, 1.82) is 0 Å². The Morgan fingerprint density at radius 3 is 2.62 bits per heavy atom. The zero-order valence-electron chi connectivity index (χ0n) is 7.36. The minimum Gasteiger partial charge on any atom is -0.387 e. The minimum absolute atomic E-state index is 0.116. The minimum atomic E-state index is -3.02. The second-order valence-electron chi connectivity index (χ2n) is 3.19. The molecule has 2 atom stereocenters. The van der Waals surface area contributed by atoms with Crippen LogP contribution in [0.5, 0.6) is 0 Å². The fourth-order valence-electron chi connectivity index (χ4n) is 1.40. The smallest absolute Gasteiger partial charge is 0.245 e. The number of aliphatic hydroxyl groups is 1. The van der Waals surface area contributed by atoms with Crippen LogP contribution in [0.4, 0.5) is 0 Å². The lowest BCUT2D eigenvalue weighted by Gasteiger charge is -2.14. The van der Waals surface area contributed by atoms with Crippen molar-refractivity contribution in [3.63, 3.8) is 0 Å². The van der Waals surface area contributed by atoms with Gasteiger partial charge in [-0.15, -0.1) is 0 Å². The van der Waals surface area contributed by atoms with Crippen LogP contribution < -0.4 is 5.32 Å².